The van der Waals surface area contributed by atoms with Crippen LogP contribution in [0.4, 0.5) is 0 Å². The number of aromatic nitrogens is 2. The molecule has 0 bridgehead atoms. The summed E-state index contributed by atoms with van der Waals surface area (Å²) in [7, 11) is 0. The van der Waals surface area contributed by atoms with E-state index in [9.17, 15) is 107 Å². The number of rotatable bonds is 24. The lowest BCUT2D eigenvalue weighted by Gasteiger charge is -2.32. The van der Waals surface area contributed by atoms with E-state index in [0.29, 0.717) is 11.1 Å². The van der Waals surface area contributed by atoms with Crippen molar-refractivity contribution in [3.63, 3.8) is 0 Å². The van der Waals surface area contributed by atoms with Gasteiger partial charge in [0.25, 0.3) is 5.91 Å². The lowest BCUT2D eigenvalue weighted by molar-refractivity contribution is -0.146. The molecule has 135 heavy (non-hydrogen) atoms. The average molecular weight is 1900 g/mol. The number of imidazole rings is 1. The molecule has 28 N–H and O–H groups in total. The number of carboxylic acids is 1. The van der Waals surface area contributed by atoms with Crippen molar-refractivity contribution in [3.8, 4) is 0 Å². The summed E-state index contributed by atoms with van der Waals surface area (Å²) in [6.45, 7) is 13.9. The maximum atomic E-state index is 15.1. The maximum absolute atomic E-state index is 15.1. The number of aliphatic hydroxyl groups excluding tert-OH is 3. The van der Waals surface area contributed by atoms with Crippen LogP contribution in [0, 0.1) is 29.1 Å². The molecule has 0 saturated carbocycles. The van der Waals surface area contributed by atoms with Gasteiger partial charge in [-0.1, -0.05) is 122 Å². The van der Waals surface area contributed by atoms with Crippen molar-refractivity contribution in [1.29, 1.82) is 5.41 Å². The summed E-state index contributed by atoms with van der Waals surface area (Å²) < 4.78 is 0. The van der Waals surface area contributed by atoms with E-state index in [-0.39, 0.29) is 89.5 Å². The Morgan fingerprint density at radius 2 is 0.844 bits per heavy atom. The Labute approximate surface area is 779 Å². The number of aromatic amines is 1. The van der Waals surface area contributed by atoms with Crippen LogP contribution >= 0.6 is 0 Å². The lowest BCUT2D eigenvalue weighted by Crippen LogP contribution is -2.63. The first-order valence-corrected chi connectivity index (χ1v) is 44.7. The van der Waals surface area contributed by atoms with Crippen molar-refractivity contribution in [2.75, 3.05) is 26.2 Å². The quantitative estimate of drug-likeness (QED) is 0.0171. The van der Waals surface area contributed by atoms with Crippen LogP contribution in [-0.2, 0) is 115 Å². The van der Waals surface area contributed by atoms with Gasteiger partial charge in [0.2, 0.25) is 106 Å². The Balaban J connectivity index is 1.41. The number of carbonyl (C=O) groups excluding carboxylic acids is 19. The fraction of sp³-hybridized carbons (Fsp3) is 0.586. The molecule has 1 aromatic heterocycles. The molecule has 20 atom stereocenters. The number of aliphatic carboxylic acids is 1. The number of H-pyrrole nitrogens is 1. The number of carboxylic acid groups (broad SMARTS) is 1. The molecule has 3 saturated heterocycles. The Kier molecular flexibility index (Phi) is 42.8. The third kappa shape index (κ3) is 33.1. The smallest absolute Gasteiger partial charge is 0.303 e. The molecule has 0 unspecified atom stereocenters. The zero-order chi connectivity index (χ0) is 101. The highest BCUT2D eigenvalue weighted by molar-refractivity contribution is 6.09. The second-order valence-corrected chi connectivity index (χ2v) is 34.8. The van der Waals surface area contributed by atoms with E-state index >= 15 is 9.59 Å². The van der Waals surface area contributed by atoms with Crippen molar-refractivity contribution in [1.82, 2.24) is 105 Å². The molecule has 3 aliphatic heterocycles. The second-order valence-electron chi connectivity index (χ2n) is 34.8. The molecule has 4 heterocycles. The number of nitrogens with two attached hydrogens (primary N) is 3. The molecule has 0 spiro atoms. The highest BCUT2D eigenvalue weighted by atomic mass is 16.4. The molecule has 48 heteroatoms. The summed E-state index contributed by atoms with van der Waals surface area (Å²) in [5, 5.41) is 90.2. The second kappa shape index (κ2) is 52.6. The van der Waals surface area contributed by atoms with E-state index in [1.165, 1.54) is 47.1 Å². The van der Waals surface area contributed by atoms with Gasteiger partial charge in [-0.25, -0.2) is 4.98 Å². The average Bonchev–Trinajstić information content (AvgIpc) is 1.81. The predicted octanol–water partition coefficient (Wildman–Crippen LogP) is -8.02. The minimum atomic E-state index is -2.32. The first-order valence-electron chi connectivity index (χ1n) is 44.7. The first kappa shape index (κ1) is 110. The molecule has 19 amide bonds. The van der Waals surface area contributed by atoms with Gasteiger partial charge in [-0.2, -0.15) is 0 Å². The zero-order valence-corrected chi connectivity index (χ0v) is 77.3. The fourth-order valence-electron chi connectivity index (χ4n) is 15.2. The van der Waals surface area contributed by atoms with Crippen LogP contribution in [0.15, 0.2) is 73.2 Å². The van der Waals surface area contributed by atoms with Gasteiger partial charge in [-0.3, -0.25) is 101 Å². The fourth-order valence-corrected chi connectivity index (χ4v) is 15.2. The third-order valence-electron chi connectivity index (χ3n) is 23.1. The number of carbonyl (C=O) groups is 20. The number of amides is 19. The number of hydrogen-bond donors (Lipinski definition) is 25. The molecular formula is C87H130N24O24. The summed E-state index contributed by atoms with van der Waals surface area (Å²) in [6.07, 6.45) is -4.66. The normalized spacial score (nSPS) is 26.8. The number of hydrogen-bond acceptors (Lipinski definition) is 25. The number of guanidine groups is 1. The number of fused-ring (bicyclic) bond motifs is 2. The molecule has 3 aliphatic rings. The van der Waals surface area contributed by atoms with Crippen LogP contribution in [0.1, 0.15) is 157 Å². The molecule has 742 valence electrons. The molecule has 6 rings (SSSR count). The van der Waals surface area contributed by atoms with Gasteiger partial charge in [-0.15, -0.1) is 0 Å². The SMILES string of the molecule is CC[C@H](C)[C@@H]1NC(=O)[C@H](CC(N)=O)NC(=O)[C@H](CO)NC(=O)[C@H](Cc2ccccc2)NC(=O)[C@H](Cc2ccccc2)NC(=O)[C@H](Cc2cnc[nH]2)NC(=O)[C@H](C(C)C)NC(=O)[C@H](C(C)C)NC(=O)[C@@H]2CCCN2C(=O)[C@H](C(N)=O)NC(=O)[C@H](CCC(=O)O)NC(=O)[C@@H]2CCCN2C(=O)[C@H]([C@@H](C)O)NC(=O)[C@H](CCCNC(=N)N)NC(=O)[C@H](C)NC(=O)[C@H]([C@@H](C)O)NC(=O)[C@H](C(C)C)NC1=O. The minimum absolute atomic E-state index is 0.0404. The van der Waals surface area contributed by atoms with Crippen LogP contribution in [0.3, 0.4) is 0 Å². The summed E-state index contributed by atoms with van der Waals surface area (Å²) in [4.78, 5) is 295. The van der Waals surface area contributed by atoms with Gasteiger partial charge in [0, 0.05) is 57.2 Å². The summed E-state index contributed by atoms with van der Waals surface area (Å²) in [5.74, 6) is -26.9. The summed E-state index contributed by atoms with van der Waals surface area (Å²) in [6, 6.07) is -13.2. The van der Waals surface area contributed by atoms with Crippen LogP contribution < -0.4 is 102 Å². The highest BCUT2D eigenvalue weighted by Crippen LogP contribution is 2.24. The topological polar surface area (TPSA) is 752 Å². The number of nitrogens with zero attached hydrogens (tertiary/aromatic N) is 3. The third-order valence-corrected chi connectivity index (χ3v) is 23.1. The van der Waals surface area contributed by atoms with Crippen LogP contribution in [0.2, 0.25) is 0 Å². The van der Waals surface area contributed by atoms with Crippen molar-refractivity contribution in [3.05, 3.63) is 90.0 Å². The van der Waals surface area contributed by atoms with Crippen molar-refractivity contribution in [2.45, 2.75) is 275 Å². The van der Waals surface area contributed by atoms with Crippen molar-refractivity contribution < 1.29 is 116 Å². The van der Waals surface area contributed by atoms with Gasteiger partial charge in [0.05, 0.1) is 31.6 Å². The Hall–Kier alpha value is -13.8. The molecule has 0 radical (unpaired) electrons. The first-order chi connectivity index (χ1) is 63.7. The number of benzene rings is 2. The summed E-state index contributed by atoms with van der Waals surface area (Å²) >= 11 is 0. The predicted molar refractivity (Wildman–Crippen MR) is 480 cm³/mol. The number of primary amides is 2. The number of nitrogens with one attached hydrogen (secondary N) is 18. The highest BCUT2D eigenvalue weighted by Gasteiger charge is 2.47. The maximum Gasteiger partial charge on any atom is 0.303 e. The molecule has 48 nitrogen and oxygen atoms in total. The summed E-state index contributed by atoms with van der Waals surface area (Å²) in [5.41, 5.74) is 18.1. The standard InChI is InChI=1S/C87H130N24O24/c1-12-44(8)65-83(132)105-64(43(6)7)82(131)107-66(46(10)113)84(133)95-45(9)70(119)96-51(26-19-31-93-87(90)91)71(120)108-67(47(11)114)85(134)110-32-20-27-58(110)78(127)97-52(29-30-61(116)117)72(121)109-68(69(89)118)86(135)111-33-21-28-59(111)79(128)103-63(42(4)5)81(130)104-62(41(2)3)80(129)101-55(36-50-38-92-40-94-50)75(124)99-53(34-48-22-15-13-16-23-48)73(122)98-54(35-49-24-17-14-18-25-49)74(123)102-57(39-112)77(126)100-56(37-60(88)115)76(125)106-65/h13-18,22-25,38,40-47,51-59,62-68,112-114H,12,19-21,26-37,39H2,1-11H3,(H2,88,115)(H2,89,118)(H,92,94)(H,95,133)(H,96,119)(H,97,127)(H,98,122)(H,99,124)(H,100,126)(H,101,129)(H,102,123)(H,103,128)(H,104,130)(H,105,132)(H,106,125)(H,107,131)(H,108,120)(H,109,121)(H,116,117)(H4,90,91,93)/t44-,45-,46+,47+,51-,52-,53-,54-,55-,56-,57-,58-,59-,62-,63-,64-,65-,66-,67-,68-/m0/s1. The van der Waals surface area contributed by atoms with E-state index in [1.807, 2.05) is 0 Å². The van der Waals surface area contributed by atoms with Crippen LogP contribution in [0.25, 0.3) is 0 Å². The van der Waals surface area contributed by atoms with Crippen LogP contribution in [0.5, 0.6) is 0 Å². The van der Waals surface area contributed by atoms with Gasteiger partial charge in [0.1, 0.15) is 96.7 Å². The molecule has 3 aromatic rings. The number of aliphatic hydroxyl groups is 3. The largest absolute Gasteiger partial charge is 0.481 e. The minimum Gasteiger partial charge on any atom is -0.481 e. The molecule has 2 aromatic carbocycles. The van der Waals surface area contributed by atoms with E-state index in [4.69, 9.17) is 22.6 Å². The molecular weight excluding hydrogens is 1770 g/mol. The Bertz CT molecular complexity index is 4700. The van der Waals surface area contributed by atoms with Gasteiger partial charge in [0.15, 0.2) is 12.0 Å². The van der Waals surface area contributed by atoms with Crippen LogP contribution in [-0.4, -0.2) is 306 Å². The Morgan fingerprint density at radius 3 is 1.30 bits per heavy atom. The Morgan fingerprint density at radius 1 is 0.459 bits per heavy atom. The van der Waals surface area contributed by atoms with E-state index < -0.39 is 289 Å². The zero-order valence-electron chi connectivity index (χ0n) is 77.3. The van der Waals surface area contributed by atoms with E-state index in [1.54, 1.807) is 81.4 Å². The van der Waals surface area contributed by atoms with Gasteiger partial charge in [-0.05, 0) is 101 Å². The van der Waals surface area contributed by atoms with E-state index in [2.05, 4.69) is 95.0 Å². The van der Waals surface area contributed by atoms with E-state index in [0.717, 1.165) is 30.6 Å². The van der Waals surface area contributed by atoms with Gasteiger partial charge >= 0.3 is 5.97 Å². The van der Waals surface area contributed by atoms with Gasteiger partial charge < -0.3 is 137 Å². The van der Waals surface area contributed by atoms with Crippen molar-refractivity contribution >= 4 is 124 Å². The molecule has 0 aliphatic carbocycles. The lowest BCUT2D eigenvalue weighted by atomic mass is 9.95. The monoisotopic (exact) mass is 1890 g/mol. The van der Waals surface area contributed by atoms with Crippen molar-refractivity contribution in [2.24, 2.45) is 40.9 Å². The molecule has 3 fully saturated rings.